The van der Waals surface area contributed by atoms with Crippen LogP contribution in [0.25, 0.3) is 11.6 Å². The molecule has 6 heteroatoms. The van der Waals surface area contributed by atoms with E-state index in [0.717, 1.165) is 52.2 Å². The number of benzene rings is 4. The molecule has 6 nitrogen and oxygen atoms in total. The molecule has 0 saturated heterocycles. The quantitative estimate of drug-likeness (QED) is 0.169. The molecule has 1 unspecified atom stereocenters. The molecule has 0 bridgehead atoms. The van der Waals surface area contributed by atoms with Gasteiger partial charge in [0.1, 0.15) is 11.6 Å². The van der Waals surface area contributed by atoms with Crippen molar-refractivity contribution in [3.05, 3.63) is 155 Å². The van der Waals surface area contributed by atoms with Crippen LogP contribution in [0, 0.1) is 0 Å². The second-order valence-corrected chi connectivity index (χ2v) is 10.4. The zero-order valence-electron chi connectivity index (χ0n) is 23.8. The number of imidazole rings is 1. The SMILES string of the molecule is CNC(C(=O)OC)c1ccc2c(c1)/C(=C/c1cn(C(c3ccccc3)(c3ccccc3)c3ccccc3)cn1)CCN2. The summed E-state index contributed by atoms with van der Waals surface area (Å²) in [5, 5.41) is 6.57. The Kier molecular flexibility index (Phi) is 7.71. The van der Waals surface area contributed by atoms with Gasteiger partial charge in [0, 0.05) is 24.0 Å². The normalized spacial score (nSPS) is 14.6. The third-order valence-corrected chi connectivity index (χ3v) is 8.04. The van der Waals surface area contributed by atoms with Crippen molar-refractivity contribution in [3.63, 3.8) is 0 Å². The molecule has 1 atom stereocenters. The molecule has 2 N–H and O–H groups in total. The maximum atomic E-state index is 12.4. The molecule has 5 aromatic rings. The molecule has 0 radical (unpaired) electrons. The number of carbonyl (C=O) groups excluding carboxylic acids is 1. The van der Waals surface area contributed by atoms with Gasteiger partial charge in [-0.3, -0.25) is 0 Å². The lowest BCUT2D eigenvalue weighted by molar-refractivity contribution is -0.143. The van der Waals surface area contributed by atoms with E-state index in [1.165, 1.54) is 12.7 Å². The largest absolute Gasteiger partial charge is 0.468 e. The van der Waals surface area contributed by atoms with E-state index in [1.807, 2.05) is 18.5 Å². The summed E-state index contributed by atoms with van der Waals surface area (Å²) in [6.07, 6.45) is 7.08. The van der Waals surface area contributed by atoms with Crippen molar-refractivity contribution in [1.29, 1.82) is 0 Å². The van der Waals surface area contributed by atoms with E-state index < -0.39 is 11.6 Å². The Morgan fingerprint density at radius 2 is 1.52 bits per heavy atom. The van der Waals surface area contributed by atoms with Gasteiger partial charge in [-0.1, -0.05) is 97.1 Å². The molecule has 1 aliphatic heterocycles. The van der Waals surface area contributed by atoms with Gasteiger partial charge in [-0.05, 0) is 59.5 Å². The molecular weight excluding hydrogens is 520 g/mol. The minimum Gasteiger partial charge on any atom is -0.468 e. The standard InChI is InChI=1S/C36H34N4O2/c1-37-34(35(41)42-2)27-18-19-33-32(23-27)26(20-21-38-33)22-31-24-40(25-39-31)36(28-12-6-3-7-13-28,29-14-8-4-9-15-29)30-16-10-5-11-17-30/h3-19,22-25,34,37-38H,20-21H2,1-2H3/b26-22+. The maximum absolute atomic E-state index is 12.4. The number of carbonyl (C=O) groups is 1. The van der Waals surface area contributed by atoms with Crippen LogP contribution >= 0.6 is 0 Å². The number of anilines is 1. The van der Waals surface area contributed by atoms with Crippen LogP contribution in [0.5, 0.6) is 0 Å². The molecule has 2 heterocycles. The van der Waals surface area contributed by atoms with Crippen molar-refractivity contribution in [2.45, 2.75) is 18.0 Å². The lowest BCUT2D eigenvalue weighted by atomic mass is 9.77. The smallest absolute Gasteiger partial charge is 0.327 e. The number of aromatic nitrogens is 2. The van der Waals surface area contributed by atoms with E-state index in [0.29, 0.717) is 0 Å². The number of esters is 1. The van der Waals surface area contributed by atoms with Gasteiger partial charge in [0.05, 0.1) is 19.1 Å². The molecule has 4 aromatic carbocycles. The van der Waals surface area contributed by atoms with Crippen LogP contribution < -0.4 is 10.6 Å². The highest BCUT2D eigenvalue weighted by atomic mass is 16.5. The molecule has 0 fully saturated rings. The summed E-state index contributed by atoms with van der Waals surface area (Å²) < 4.78 is 7.25. The fraction of sp³-hybridized carbons (Fsp3) is 0.167. The lowest BCUT2D eigenvalue weighted by Gasteiger charge is -2.37. The topological polar surface area (TPSA) is 68.2 Å². The molecule has 0 amide bonds. The Bertz CT molecular complexity index is 1600. The highest BCUT2D eigenvalue weighted by Gasteiger charge is 2.38. The van der Waals surface area contributed by atoms with Crippen molar-refractivity contribution in [2.24, 2.45) is 0 Å². The molecule has 1 aliphatic rings. The fourth-order valence-corrected chi connectivity index (χ4v) is 6.08. The number of likely N-dealkylation sites (N-methyl/N-ethyl adjacent to an activating group) is 1. The van der Waals surface area contributed by atoms with E-state index in [9.17, 15) is 4.79 Å². The van der Waals surface area contributed by atoms with Crippen LogP contribution in [-0.4, -0.2) is 36.2 Å². The Balaban J connectivity index is 1.48. The first-order valence-corrected chi connectivity index (χ1v) is 14.2. The molecule has 0 aliphatic carbocycles. The first kappa shape index (κ1) is 27.2. The third kappa shape index (κ3) is 4.91. The number of rotatable bonds is 8. The number of methoxy groups -OCH3 is 1. The summed E-state index contributed by atoms with van der Waals surface area (Å²) in [5.74, 6) is -0.315. The van der Waals surface area contributed by atoms with Crippen LogP contribution in [-0.2, 0) is 15.1 Å². The van der Waals surface area contributed by atoms with Crippen LogP contribution in [0.3, 0.4) is 0 Å². The van der Waals surface area contributed by atoms with E-state index in [2.05, 4.69) is 125 Å². The van der Waals surface area contributed by atoms with Gasteiger partial charge in [0.15, 0.2) is 0 Å². The van der Waals surface area contributed by atoms with E-state index in [-0.39, 0.29) is 5.97 Å². The minimum absolute atomic E-state index is 0.315. The van der Waals surface area contributed by atoms with Gasteiger partial charge < -0.3 is 19.9 Å². The fourth-order valence-electron chi connectivity index (χ4n) is 6.08. The van der Waals surface area contributed by atoms with Crippen molar-refractivity contribution in [1.82, 2.24) is 14.9 Å². The van der Waals surface area contributed by atoms with Gasteiger partial charge >= 0.3 is 5.97 Å². The predicted molar refractivity (Wildman–Crippen MR) is 168 cm³/mol. The molecule has 0 spiro atoms. The highest BCUT2D eigenvalue weighted by Crippen LogP contribution is 2.41. The second-order valence-electron chi connectivity index (χ2n) is 10.4. The molecule has 0 saturated carbocycles. The molecule has 6 rings (SSSR count). The van der Waals surface area contributed by atoms with Crippen LogP contribution in [0.1, 0.15) is 46.0 Å². The Hall–Kier alpha value is -4.94. The van der Waals surface area contributed by atoms with Gasteiger partial charge in [-0.2, -0.15) is 0 Å². The van der Waals surface area contributed by atoms with E-state index >= 15 is 0 Å². The highest BCUT2D eigenvalue weighted by molar-refractivity contribution is 5.89. The first-order valence-electron chi connectivity index (χ1n) is 14.2. The maximum Gasteiger partial charge on any atom is 0.327 e. The monoisotopic (exact) mass is 554 g/mol. The van der Waals surface area contributed by atoms with Gasteiger partial charge in [0.2, 0.25) is 0 Å². The summed E-state index contributed by atoms with van der Waals surface area (Å²) in [7, 11) is 3.18. The number of ether oxygens (including phenoxy) is 1. The Labute approximate surface area is 246 Å². The number of fused-ring (bicyclic) bond motifs is 1. The second kappa shape index (κ2) is 11.9. The van der Waals surface area contributed by atoms with Crippen molar-refractivity contribution < 1.29 is 9.53 Å². The molecule has 210 valence electrons. The summed E-state index contributed by atoms with van der Waals surface area (Å²) >= 11 is 0. The summed E-state index contributed by atoms with van der Waals surface area (Å²) in [5.41, 5.74) is 7.84. The summed E-state index contributed by atoms with van der Waals surface area (Å²) in [4.78, 5) is 17.3. The van der Waals surface area contributed by atoms with Gasteiger partial charge in [-0.25, -0.2) is 9.78 Å². The number of nitrogens with zero attached hydrogens (tertiary/aromatic N) is 2. The lowest BCUT2D eigenvalue weighted by Crippen LogP contribution is -2.36. The Morgan fingerprint density at radius 3 is 2.07 bits per heavy atom. The summed E-state index contributed by atoms with van der Waals surface area (Å²) in [6, 6.07) is 37.3. The number of nitrogens with one attached hydrogen (secondary N) is 2. The molecule has 42 heavy (non-hydrogen) atoms. The number of hydrogen-bond acceptors (Lipinski definition) is 5. The van der Waals surface area contributed by atoms with Crippen molar-refractivity contribution in [3.8, 4) is 0 Å². The van der Waals surface area contributed by atoms with Crippen LogP contribution in [0.4, 0.5) is 5.69 Å². The van der Waals surface area contributed by atoms with E-state index in [4.69, 9.17) is 9.72 Å². The zero-order valence-corrected chi connectivity index (χ0v) is 23.8. The minimum atomic E-state index is -0.618. The summed E-state index contributed by atoms with van der Waals surface area (Å²) in [6.45, 7) is 0.827. The third-order valence-electron chi connectivity index (χ3n) is 8.04. The van der Waals surface area contributed by atoms with Crippen LogP contribution in [0.2, 0.25) is 0 Å². The van der Waals surface area contributed by atoms with Crippen molar-refractivity contribution >= 4 is 23.3 Å². The van der Waals surface area contributed by atoms with E-state index in [1.54, 1.807) is 7.05 Å². The predicted octanol–water partition coefficient (Wildman–Crippen LogP) is 6.51. The molecule has 1 aromatic heterocycles. The number of hydrogen-bond donors (Lipinski definition) is 2. The molecular formula is C36H34N4O2. The Morgan fingerprint density at radius 1 is 0.929 bits per heavy atom. The van der Waals surface area contributed by atoms with Gasteiger partial charge in [-0.15, -0.1) is 0 Å². The van der Waals surface area contributed by atoms with Gasteiger partial charge in [0.25, 0.3) is 0 Å². The van der Waals surface area contributed by atoms with Crippen molar-refractivity contribution in [2.75, 3.05) is 26.0 Å². The zero-order chi connectivity index (χ0) is 28.9. The first-order chi connectivity index (χ1) is 20.6. The average molecular weight is 555 g/mol. The van der Waals surface area contributed by atoms with Crippen LogP contribution in [0.15, 0.2) is 122 Å². The average Bonchev–Trinajstić information content (AvgIpc) is 3.52.